The zero-order valence-electron chi connectivity index (χ0n) is 19.4. The third kappa shape index (κ3) is 5.66. The molecule has 0 N–H and O–H groups in total. The third-order valence-corrected chi connectivity index (χ3v) is 5.81. The van der Waals surface area contributed by atoms with E-state index in [-0.39, 0.29) is 23.8 Å². The van der Waals surface area contributed by atoms with E-state index in [1.54, 1.807) is 0 Å². The lowest BCUT2D eigenvalue weighted by Gasteiger charge is -2.25. The van der Waals surface area contributed by atoms with Gasteiger partial charge < -0.3 is 14.5 Å². The van der Waals surface area contributed by atoms with E-state index in [4.69, 9.17) is 4.74 Å². The van der Waals surface area contributed by atoms with Gasteiger partial charge in [-0.2, -0.15) is 0 Å². The lowest BCUT2D eigenvalue weighted by atomic mass is 9.85. The Kier molecular flexibility index (Phi) is 7.04. The highest BCUT2D eigenvalue weighted by Gasteiger charge is 2.25. The Morgan fingerprint density at radius 1 is 0.935 bits per heavy atom. The summed E-state index contributed by atoms with van der Waals surface area (Å²) >= 11 is 0. The van der Waals surface area contributed by atoms with Crippen LogP contribution in [0, 0.1) is 13.8 Å². The van der Waals surface area contributed by atoms with Gasteiger partial charge in [0.05, 0.1) is 0 Å². The van der Waals surface area contributed by atoms with Gasteiger partial charge in [-0.25, -0.2) is 0 Å². The van der Waals surface area contributed by atoms with E-state index in [0.717, 1.165) is 28.9 Å². The minimum atomic E-state index is -0.0660. The van der Waals surface area contributed by atoms with Gasteiger partial charge >= 0.3 is 0 Å². The van der Waals surface area contributed by atoms with Gasteiger partial charge in [0.15, 0.2) is 6.61 Å². The summed E-state index contributed by atoms with van der Waals surface area (Å²) in [6.45, 7) is 12.8. The molecule has 0 saturated carbocycles. The number of rotatable bonds is 4. The van der Waals surface area contributed by atoms with Crippen molar-refractivity contribution in [2.45, 2.75) is 46.5 Å². The molecule has 5 nitrogen and oxygen atoms in total. The Bertz CT molecular complexity index is 946. The Morgan fingerprint density at radius 3 is 2.32 bits per heavy atom. The van der Waals surface area contributed by atoms with E-state index >= 15 is 0 Å². The van der Waals surface area contributed by atoms with Crippen LogP contribution >= 0.6 is 0 Å². The molecular formula is C26H34N2O3. The van der Waals surface area contributed by atoms with E-state index in [2.05, 4.69) is 33.8 Å². The van der Waals surface area contributed by atoms with Gasteiger partial charge in [0.25, 0.3) is 11.8 Å². The fourth-order valence-corrected chi connectivity index (χ4v) is 3.94. The van der Waals surface area contributed by atoms with E-state index in [1.807, 2.05) is 53.1 Å². The minimum Gasteiger partial charge on any atom is -0.483 e. The van der Waals surface area contributed by atoms with E-state index < -0.39 is 0 Å². The standard InChI is InChI=1S/C26H34N2O3/c1-19-11-12-23(22(17-19)26(3,4)5)31-18-24(29)27-13-8-14-28(16-15-27)25(30)21-10-7-6-9-20(21)2/h6-7,9-12,17H,8,13-16,18H2,1-5H3. The highest BCUT2D eigenvalue weighted by atomic mass is 16.5. The number of hydrogen-bond acceptors (Lipinski definition) is 3. The summed E-state index contributed by atoms with van der Waals surface area (Å²) in [4.78, 5) is 29.4. The third-order valence-electron chi connectivity index (χ3n) is 5.81. The van der Waals surface area contributed by atoms with Crippen molar-refractivity contribution in [2.24, 2.45) is 0 Å². The Balaban J connectivity index is 1.61. The molecule has 1 heterocycles. The molecule has 166 valence electrons. The van der Waals surface area contributed by atoms with Crippen LogP contribution in [0.15, 0.2) is 42.5 Å². The lowest BCUT2D eigenvalue weighted by Crippen LogP contribution is -2.39. The maximum atomic E-state index is 12.9. The molecule has 1 saturated heterocycles. The van der Waals surface area contributed by atoms with Crippen LogP contribution in [0.25, 0.3) is 0 Å². The summed E-state index contributed by atoms with van der Waals surface area (Å²) in [5, 5.41) is 0. The molecule has 31 heavy (non-hydrogen) atoms. The van der Waals surface area contributed by atoms with Crippen molar-refractivity contribution >= 4 is 11.8 Å². The molecule has 1 aliphatic rings. The van der Waals surface area contributed by atoms with E-state index in [0.29, 0.717) is 26.2 Å². The van der Waals surface area contributed by atoms with Crippen LogP contribution in [0.1, 0.15) is 54.2 Å². The Hall–Kier alpha value is -2.82. The van der Waals surface area contributed by atoms with Crippen LogP contribution in [0.3, 0.4) is 0 Å². The average Bonchev–Trinajstić information content (AvgIpc) is 2.98. The molecular weight excluding hydrogens is 388 g/mol. The Morgan fingerprint density at radius 2 is 1.61 bits per heavy atom. The van der Waals surface area contributed by atoms with Gasteiger partial charge in [-0.1, -0.05) is 56.7 Å². The zero-order valence-corrected chi connectivity index (χ0v) is 19.4. The number of aryl methyl sites for hydroxylation is 2. The molecule has 2 amide bonds. The molecule has 0 unspecified atom stereocenters. The number of amides is 2. The molecule has 5 heteroatoms. The summed E-state index contributed by atoms with van der Waals surface area (Å²) in [6, 6.07) is 13.7. The van der Waals surface area contributed by atoms with Crippen molar-refractivity contribution in [3.63, 3.8) is 0 Å². The normalized spacial score (nSPS) is 14.9. The number of carbonyl (C=O) groups excluding carboxylic acids is 2. The SMILES string of the molecule is Cc1ccc(OCC(=O)N2CCCN(C(=O)c3ccccc3C)CC2)c(C(C)(C)C)c1. The number of carbonyl (C=O) groups is 2. The first kappa shape index (κ1) is 22.9. The van der Waals surface area contributed by atoms with Crippen molar-refractivity contribution in [1.82, 2.24) is 9.80 Å². The van der Waals surface area contributed by atoms with Gasteiger partial charge in [0.1, 0.15) is 5.75 Å². The van der Waals surface area contributed by atoms with Crippen LogP contribution in [-0.4, -0.2) is 54.4 Å². The fourth-order valence-electron chi connectivity index (χ4n) is 3.94. The molecule has 3 rings (SSSR count). The molecule has 0 radical (unpaired) electrons. The van der Waals surface area contributed by atoms with E-state index in [9.17, 15) is 9.59 Å². The monoisotopic (exact) mass is 422 g/mol. The van der Waals surface area contributed by atoms with Crippen molar-refractivity contribution in [3.05, 3.63) is 64.7 Å². The van der Waals surface area contributed by atoms with Crippen molar-refractivity contribution < 1.29 is 14.3 Å². The minimum absolute atomic E-state index is 0.0118. The van der Waals surface area contributed by atoms with Gasteiger partial charge in [0.2, 0.25) is 0 Å². The molecule has 0 aliphatic carbocycles. The van der Waals surface area contributed by atoms with Crippen LogP contribution in [0.5, 0.6) is 5.75 Å². The zero-order chi connectivity index (χ0) is 22.6. The summed E-state index contributed by atoms with van der Waals surface area (Å²) in [7, 11) is 0. The highest BCUT2D eigenvalue weighted by molar-refractivity contribution is 5.95. The van der Waals surface area contributed by atoms with E-state index in [1.165, 1.54) is 5.56 Å². The molecule has 0 atom stereocenters. The topological polar surface area (TPSA) is 49.9 Å². The highest BCUT2D eigenvalue weighted by Crippen LogP contribution is 2.32. The van der Waals surface area contributed by atoms with Crippen LogP contribution in [0.4, 0.5) is 0 Å². The molecule has 1 fully saturated rings. The number of benzene rings is 2. The largest absolute Gasteiger partial charge is 0.483 e. The Labute approximate surface area is 186 Å². The van der Waals surface area contributed by atoms with Gasteiger partial charge in [0, 0.05) is 31.7 Å². The fraction of sp³-hybridized carbons (Fsp3) is 0.462. The van der Waals surface area contributed by atoms with Gasteiger partial charge in [-0.15, -0.1) is 0 Å². The maximum absolute atomic E-state index is 12.9. The van der Waals surface area contributed by atoms with Crippen molar-refractivity contribution in [1.29, 1.82) is 0 Å². The van der Waals surface area contributed by atoms with Gasteiger partial charge in [-0.05, 0) is 48.9 Å². The second-order valence-electron chi connectivity index (χ2n) is 9.38. The predicted molar refractivity (Wildman–Crippen MR) is 124 cm³/mol. The van der Waals surface area contributed by atoms with Gasteiger partial charge in [-0.3, -0.25) is 9.59 Å². The quantitative estimate of drug-likeness (QED) is 0.736. The molecule has 1 aliphatic heterocycles. The van der Waals surface area contributed by atoms with Crippen LogP contribution < -0.4 is 4.74 Å². The molecule has 0 spiro atoms. The maximum Gasteiger partial charge on any atom is 0.260 e. The summed E-state index contributed by atoms with van der Waals surface area (Å²) in [5.74, 6) is 0.765. The first-order valence-corrected chi connectivity index (χ1v) is 11.0. The molecule has 2 aromatic carbocycles. The summed E-state index contributed by atoms with van der Waals surface area (Å²) in [6.07, 6.45) is 0.765. The average molecular weight is 423 g/mol. The second-order valence-corrected chi connectivity index (χ2v) is 9.38. The second kappa shape index (κ2) is 9.54. The number of ether oxygens (including phenoxy) is 1. The molecule has 0 aromatic heterocycles. The lowest BCUT2D eigenvalue weighted by molar-refractivity contribution is -0.133. The first-order chi connectivity index (χ1) is 14.7. The van der Waals surface area contributed by atoms with Crippen molar-refractivity contribution in [3.8, 4) is 5.75 Å². The summed E-state index contributed by atoms with van der Waals surface area (Å²) < 4.78 is 5.96. The molecule has 0 bridgehead atoms. The molecule has 2 aromatic rings. The van der Waals surface area contributed by atoms with Crippen LogP contribution in [0.2, 0.25) is 0 Å². The number of nitrogens with zero attached hydrogens (tertiary/aromatic N) is 2. The predicted octanol–water partition coefficient (Wildman–Crippen LogP) is 4.35. The number of hydrogen-bond donors (Lipinski definition) is 0. The smallest absolute Gasteiger partial charge is 0.260 e. The first-order valence-electron chi connectivity index (χ1n) is 11.0. The van der Waals surface area contributed by atoms with Crippen molar-refractivity contribution in [2.75, 3.05) is 32.8 Å². The summed E-state index contributed by atoms with van der Waals surface area (Å²) in [5.41, 5.74) is 3.93. The van der Waals surface area contributed by atoms with Crippen LogP contribution in [-0.2, 0) is 10.2 Å².